The summed E-state index contributed by atoms with van der Waals surface area (Å²) in [6, 6.07) is 6.18. The number of aliphatic hydroxyl groups excluding tert-OH is 1. The minimum atomic E-state index is -0.759. The number of halogens is 1. The molecule has 3 nitrogen and oxygen atoms in total. The molecule has 0 bridgehead atoms. The van der Waals surface area contributed by atoms with Crippen molar-refractivity contribution >= 4 is 0 Å². The Morgan fingerprint density at radius 3 is 2.76 bits per heavy atom. The fraction of sp³-hybridized carbons (Fsp3) is 0.231. The van der Waals surface area contributed by atoms with E-state index >= 15 is 0 Å². The largest absolute Gasteiger partial charge is 0.386 e. The van der Waals surface area contributed by atoms with Crippen molar-refractivity contribution in [3.63, 3.8) is 0 Å². The third kappa shape index (κ3) is 3.07. The van der Waals surface area contributed by atoms with Gasteiger partial charge in [-0.1, -0.05) is 12.1 Å². The molecule has 17 heavy (non-hydrogen) atoms. The van der Waals surface area contributed by atoms with Gasteiger partial charge in [0.1, 0.15) is 11.9 Å². The molecule has 1 unspecified atom stereocenters. The van der Waals surface area contributed by atoms with Crippen molar-refractivity contribution in [1.82, 2.24) is 9.97 Å². The van der Waals surface area contributed by atoms with E-state index in [4.69, 9.17) is 0 Å². The Balaban J connectivity index is 2.11. The molecule has 1 atom stereocenters. The number of aliphatic hydroxyl groups is 1. The molecule has 0 aliphatic carbocycles. The molecule has 0 saturated carbocycles. The molecule has 1 aromatic heterocycles. The van der Waals surface area contributed by atoms with Gasteiger partial charge < -0.3 is 5.11 Å². The maximum absolute atomic E-state index is 13.0. The Morgan fingerprint density at radius 2 is 2.12 bits per heavy atom. The second kappa shape index (κ2) is 5.01. The van der Waals surface area contributed by atoms with Crippen LogP contribution in [0, 0.1) is 12.7 Å². The summed E-state index contributed by atoms with van der Waals surface area (Å²) in [7, 11) is 0. The molecule has 4 heteroatoms. The normalized spacial score (nSPS) is 12.4. The molecule has 0 spiro atoms. The molecule has 1 heterocycles. The highest BCUT2D eigenvalue weighted by Gasteiger charge is 2.10. The van der Waals surface area contributed by atoms with Gasteiger partial charge >= 0.3 is 0 Å². The second-order valence-corrected chi connectivity index (χ2v) is 3.93. The summed E-state index contributed by atoms with van der Waals surface area (Å²) in [6.07, 6.45) is 2.71. The van der Waals surface area contributed by atoms with Crippen LogP contribution in [-0.4, -0.2) is 15.1 Å². The van der Waals surface area contributed by atoms with E-state index in [0.29, 0.717) is 12.1 Å². The molecule has 1 aromatic carbocycles. The van der Waals surface area contributed by atoms with Crippen molar-refractivity contribution in [3.8, 4) is 0 Å². The first kappa shape index (κ1) is 11.7. The number of benzene rings is 1. The summed E-state index contributed by atoms with van der Waals surface area (Å²) in [5.41, 5.74) is 2.03. The van der Waals surface area contributed by atoms with Gasteiger partial charge in [0.15, 0.2) is 0 Å². The van der Waals surface area contributed by atoms with E-state index in [-0.39, 0.29) is 5.82 Å². The summed E-state index contributed by atoms with van der Waals surface area (Å²) in [5, 5.41) is 9.93. The maximum atomic E-state index is 13.0. The average Bonchev–Trinajstić information content (AvgIpc) is 2.29. The van der Waals surface area contributed by atoms with Crippen LogP contribution in [0.15, 0.2) is 36.7 Å². The van der Waals surface area contributed by atoms with Gasteiger partial charge in [0.25, 0.3) is 0 Å². The van der Waals surface area contributed by atoms with Gasteiger partial charge in [-0.15, -0.1) is 0 Å². The van der Waals surface area contributed by atoms with E-state index in [9.17, 15) is 9.50 Å². The summed E-state index contributed by atoms with van der Waals surface area (Å²) < 4.78 is 13.0. The molecule has 2 aromatic rings. The van der Waals surface area contributed by atoms with Crippen molar-refractivity contribution in [1.29, 1.82) is 0 Å². The Bertz CT molecular complexity index is 499. The Labute approximate surface area is 99.0 Å². The lowest BCUT2D eigenvalue weighted by Crippen LogP contribution is -2.05. The van der Waals surface area contributed by atoms with Crippen molar-refractivity contribution in [2.45, 2.75) is 19.4 Å². The first-order valence-corrected chi connectivity index (χ1v) is 5.36. The van der Waals surface area contributed by atoms with Crippen molar-refractivity contribution in [3.05, 3.63) is 59.4 Å². The van der Waals surface area contributed by atoms with Gasteiger partial charge in [0.2, 0.25) is 0 Å². The van der Waals surface area contributed by atoms with Crippen LogP contribution in [0.5, 0.6) is 0 Å². The molecule has 0 saturated heterocycles. The number of rotatable bonds is 3. The maximum Gasteiger partial charge on any atom is 0.123 e. The number of hydrogen-bond acceptors (Lipinski definition) is 3. The van der Waals surface area contributed by atoms with Crippen molar-refractivity contribution < 1.29 is 9.50 Å². The summed E-state index contributed by atoms with van der Waals surface area (Å²) >= 11 is 0. The zero-order valence-corrected chi connectivity index (χ0v) is 9.47. The third-order valence-corrected chi connectivity index (χ3v) is 2.46. The van der Waals surface area contributed by atoms with Crippen LogP contribution in [0.25, 0.3) is 0 Å². The molecule has 0 radical (unpaired) electrons. The van der Waals surface area contributed by atoms with E-state index < -0.39 is 6.10 Å². The first-order valence-electron chi connectivity index (χ1n) is 5.36. The lowest BCUT2D eigenvalue weighted by atomic mass is 10.1. The Kier molecular flexibility index (Phi) is 3.44. The highest BCUT2D eigenvalue weighted by Crippen LogP contribution is 2.16. The average molecular weight is 232 g/mol. The smallest absolute Gasteiger partial charge is 0.123 e. The molecule has 88 valence electrons. The Hall–Kier alpha value is -1.81. The predicted molar refractivity (Wildman–Crippen MR) is 61.8 cm³/mol. The summed E-state index contributed by atoms with van der Waals surface area (Å²) in [5.74, 6) is -0.301. The van der Waals surface area contributed by atoms with Crippen LogP contribution in [0.3, 0.4) is 0 Å². The van der Waals surface area contributed by atoms with Crippen LogP contribution in [0.2, 0.25) is 0 Å². The van der Waals surface area contributed by atoms with Crippen LogP contribution < -0.4 is 0 Å². The van der Waals surface area contributed by atoms with E-state index in [1.165, 1.54) is 12.1 Å². The van der Waals surface area contributed by atoms with E-state index in [0.717, 1.165) is 11.3 Å². The van der Waals surface area contributed by atoms with Gasteiger partial charge in [0, 0.05) is 12.6 Å². The number of nitrogens with zero attached hydrogens (tertiary/aromatic N) is 2. The number of hydrogen-bond donors (Lipinski definition) is 1. The molecular formula is C13H13FN2O. The van der Waals surface area contributed by atoms with Gasteiger partial charge in [0.05, 0.1) is 17.6 Å². The molecule has 0 aliphatic rings. The topological polar surface area (TPSA) is 46.0 Å². The molecular weight excluding hydrogens is 219 g/mol. The molecule has 2 rings (SSSR count). The standard InChI is InChI=1S/C13H13FN2O/c1-9-7-16-12(8-15-9)13(17)6-10-3-2-4-11(14)5-10/h2-5,7-8,13,17H,6H2,1H3. The second-order valence-electron chi connectivity index (χ2n) is 3.93. The molecule has 1 N–H and O–H groups in total. The third-order valence-electron chi connectivity index (χ3n) is 2.46. The number of aryl methyl sites for hydroxylation is 1. The SMILES string of the molecule is Cc1cnc(C(O)Cc2cccc(F)c2)cn1. The zero-order valence-electron chi connectivity index (χ0n) is 9.47. The monoisotopic (exact) mass is 232 g/mol. The van der Waals surface area contributed by atoms with Crippen LogP contribution in [-0.2, 0) is 6.42 Å². The zero-order chi connectivity index (χ0) is 12.3. The first-order chi connectivity index (χ1) is 8.15. The minimum absolute atomic E-state index is 0.301. The molecule has 0 aliphatic heterocycles. The van der Waals surface area contributed by atoms with E-state index in [2.05, 4.69) is 9.97 Å². The molecule has 0 fully saturated rings. The lowest BCUT2D eigenvalue weighted by Gasteiger charge is -2.09. The fourth-order valence-electron chi connectivity index (χ4n) is 1.57. The quantitative estimate of drug-likeness (QED) is 0.882. The highest BCUT2D eigenvalue weighted by molar-refractivity contribution is 5.18. The van der Waals surface area contributed by atoms with Crippen LogP contribution >= 0.6 is 0 Å². The molecule has 0 amide bonds. The predicted octanol–water partition coefficient (Wildman–Crippen LogP) is 2.20. The summed E-state index contributed by atoms with van der Waals surface area (Å²) in [6.45, 7) is 1.83. The van der Waals surface area contributed by atoms with Gasteiger partial charge in [-0.3, -0.25) is 9.97 Å². The van der Waals surface area contributed by atoms with Gasteiger partial charge in [-0.2, -0.15) is 0 Å². The van der Waals surface area contributed by atoms with E-state index in [1.54, 1.807) is 24.5 Å². The van der Waals surface area contributed by atoms with Crippen LogP contribution in [0.4, 0.5) is 4.39 Å². The fourth-order valence-corrected chi connectivity index (χ4v) is 1.57. The lowest BCUT2D eigenvalue weighted by molar-refractivity contribution is 0.173. The van der Waals surface area contributed by atoms with Crippen molar-refractivity contribution in [2.75, 3.05) is 0 Å². The Morgan fingerprint density at radius 1 is 1.29 bits per heavy atom. The van der Waals surface area contributed by atoms with Crippen molar-refractivity contribution in [2.24, 2.45) is 0 Å². The van der Waals surface area contributed by atoms with Gasteiger partial charge in [-0.25, -0.2) is 4.39 Å². The van der Waals surface area contributed by atoms with E-state index in [1.807, 2.05) is 6.92 Å². The highest BCUT2D eigenvalue weighted by atomic mass is 19.1. The van der Waals surface area contributed by atoms with Crippen LogP contribution in [0.1, 0.15) is 23.1 Å². The summed E-state index contributed by atoms with van der Waals surface area (Å²) in [4.78, 5) is 8.15. The van der Waals surface area contributed by atoms with Gasteiger partial charge in [-0.05, 0) is 24.6 Å². The number of aromatic nitrogens is 2. The minimum Gasteiger partial charge on any atom is -0.386 e.